The highest BCUT2D eigenvalue weighted by atomic mass is 32.2. The van der Waals surface area contributed by atoms with Crippen LogP contribution in [0.2, 0.25) is 0 Å². The average Bonchev–Trinajstić information content (AvgIpc) is 2.54. The van der Waals surface area contributed by atoms with Gasteiger partial charge in [0.1, 0.15) is 11.9 Å². The van der Waals surface area contributed by atoms with Crippen LogP contribution in [0.15, 0.2) is 30.3 Å². The summed E-state index contributed by atoms with van der Waals surface area (Å²) in [6.45, 7) is 2.12. The van der Waals surface area contributed by atoms with Crippen LogP contribution in [-0.2, 0) is 10.2 Å². The first-order valence-corrected chi connectivity index (χ1v) is 9.37. The van der Waals surface area contributed by atoms with Gasteiger partial charge < -0.3 is 4.74 Å². The van der Waals surface area contributed by atoms with Gasteiger partial charge in [0.05, 0.1) is 0 Å². The summed E-state index contributed by atoms with van der Waals surface area (Å²) in [6.07, 6.45) is 5.11. The lowest BCUT2D eigenvalue weighted by atomic mass is 9.96. The summed E-state index contributed by atoms with van der Waals surface area (Å²) in [7, 11) is -1.78. The molecule has 0 saturated heterocycles. The van der Waals surface area contributed by atoms with Gasteiger partial charge in [0, 0.05) is 19.6 Å². The van der Waals surface area contributed by atoms with Crippen molar-refractivity contribution in [2.75, 3.05) is 13.6 Å². The molecule has 1 N–H and O–H groups in total. The summed E-state index contributed by atoms with van der Waals surface area (Å²) >= 11 is 0. The molecule has 1 fully saturated rings. The average molecular weight is 326 g/mol. The summed E-state index contributed by atoms with van der Waals surface area (Å²) < 4.78 is 34.5. The maximum absolute atomic E-state index is 12.3. The van der Waals surface area contributed by atoms with E-state index in [9.17, 15) is 8.42 Å². The SMILES string of the molecule is CC(CNS(=O)(=O)N(C)C1CCCCC1)Oc1ccccc1. The molecule has 0 aromatic heterocycles. The van der Waals surface area contributed by atoms with Gasteiger partial charge in [0.15, 0.2) is 0 Å². The Morgan fingerprint density at radius 2 is 1.86 bits per heavy atom. The zero-order valence-electron chi connectivity index (χ0n) is 13.4. The van der Waals surface area contributed by atoms with Crippen molar-refractivity contribution in [3.05, 3.63) is 30.3 Å². The van der Waals surface area contributed by atoms with Crippen molar-refractivity contribution in [2.24, 2.45) is 0 Å². The monoisotopic (exact) mass is 326 g/mol. The van der Waals surface area contributed by atoms with Gasteiger partial charge in [-0.25, -0.2) is 0 Å². The molecule has 0 bridgehead atoms. The lowest BCUT2D eigenvalue weighted by molar-refractivity contribution is 0.222. The summed E-state index contributed by atoms with van der Waals surface area (Å²) in [5.41, 5.74) is 0. The van der Waals surface area contributed by atoms with E-state index in [0.717, 1.165) is 31.4 Å². The van der Waals surface area contributed by atoms with Crippen LogP contribution in [0.4, 0.5) is 0 Å². The van der Waals surface area contributed by atoms with Crippen LogP contribution in [0.3, 0.4) is 0 Å². The molecule has 124 valence electrons. The van der Waals surface area contributed by atoms with E-state index < -0.39 is 10.2 Å². The van der Waals surface area contributed by atoms with Crippen molar-refractivity contribution in [3.8, 4) is 5.75 Å². The second kappa shape index (κ2) is 7.94. The normalized spacial score (nSPS) is 18.3. The van der Waals surface area contributed by atoms with Crippen molar-refractivity contribution in [1.29, 1.82) is 0 Å². The Hall–Kier alpha value is -1.11. The Labute approximate surface area is 133 Å². The first kappa shape index (κ1) is 17.2. The number of para-hydroxylation sites is 1. The Morgan fingerprint density at radius 3 is 2.50 bits per heavy atom. The van der Waals surface area contributed by atoms with Gasteiger partial charge in [-0.15, -0.1) is 0 Å². The van der Waals surface area contributed by atoms with E-state index in [1.165, 1.54) is 10.7 Å². The molecule has 1 atom stereocenters. The van der Waals surface area contributed by atoms with Crippen LogP contribution < -0.4 is 9.46 Å². The molecule has 1 aromatic carbocycles. The van der Waals surface area contributed by atoms with Crippen molar-refractivity contribution in [3.63, 3.8) is 0 Å². The molecule has 5 nitrogen and oxygen atoms in total. The van der Waals surface area contributed by atoms with Gasteiger partial charge in [-0.1, -0.05) is 37.5 Å². The first-order chi connectivity index (χ1) is 10.5. The van der Waals surface area contributed by atoms with E-state index in [2.05, 4.69) is 4.72 Å². The van der Waals surface area contributed by atoms with E-state index in [0.29, 0.717) is 0 Å². The second-order valence-corrected chi connectivity index (χ2v) is 7.72. The van der Waals surface area contributed by atoms with Crippen LogP contribution in [0, 0.1) is 0 Å². The molecule has 1 unspecified atom stereocenters. The third-order valence-electron chi connectivity index (χ3n) is 4.10. The molecule has 1 aliphatic rings. The predicted molar refractivity (Wildman–Crippen MR) is 88.1 cm³/mol. The highest BCUT2D eigenvalue weighted by Crippen LogP contribution is 2.23. The molecule has 0 aliphatic heterocycles. The predicted octanol–water partition coefficient (Wildman–Crippen LogP) is 2.55. The minimum absolute atomic E-state index is 0.122. The van der Waals surface area contributed by atoms with E-state index >= 15 is 0 Å². The third-order valence-corrected chi connectivity index (χ3v) is 5.69. The molecule has 2 rings (SSSR count). The summed E-state index contributed by atoms with van der Waals surface area (Å²) in [5.74, 6) is 0.745. The van der Waals surface area contributed by atoms with Gasteiger partial charge in [-0.2, -0.15) is 17.4 Å². The number of hydrogen-bond acceptors (Lipinski definition) is 3. The molecule has 1 aromatic rings. The van der Waals surface area contributed by atoms with Crippen LogP contribution in [0.25, 0.3) is 0 Å². The maximum Gasteiger partial charge on any atom is 0.279 e. The van der Waals surface area contributed by atoms with Gasteiger partial charge in [0.2, 0.25) is 0 Å². The van der Waals surface area contributed by atoms with E-state index in [-0.39, 0.29) is 18.7 Å². The molecule has 0 heterocycles. The quantitative estimate of drug-likeness (QED) is 0.838. The summed E-state index contributed by atoms with van der Waals surface area (Å²) in [6, 6.07) is 9.54. The van der Waals surface area contributed by atoms with Crippen LogP contribution in [0.5, 0.6) is 5.75 Å². The van der Waals surface area contributed by atoms with Gasteiger partial charge in [-0.05, 0) is 31.9 Å². The number of nitrogens with zero attached hydrogens (tertiary/aromatic N) is 1. The summed E-state index contributed by atoms with van der Waals surface area (Å²) in [5, 5.41) is 0. The molecule has 22 heavy (non-hydrogen) atoms. The lowest BCUT2D eigenvalue weighted by Gasteiger charge is -2.30. The largest absolute Gasteiger partial charge is 0.489 e. The zero-order chi connectivity index (χ0) is 16.0. The molecule has 0 amide bonds. The Kier molecular flexibility index (Phi) is 6.23. The number of hydrogen-bond donors (Lipinski definition) is 1. The second-order valence-electron chi connectivity index (χ2n) is 5.90. The van der Waals surface area contributed by atoms with Gasteiger partial charge in [-0.3, -0.25) is 0 Å². The third kappa shape index (κ3) is 4.97. The molecule has 1 saturated carbocycles. The molecule has 1 aliphatic carbocycles. The fourth-order valence-corrected chi connectivity index (χ4v) is 3.99. The first-order valence-electron chi connectivity index (χ1n) is 7.93. The van der Waals surface area contributed by atoms with Crippen LogP contribution in [0.1, 0.15) is 39.0 Å². The fraction of sp³-hybridized carbons (Fsp3) is 0.625. The Bertz CT molecular complexity index is 542. The minimum Gasteiger partial charge on any atom is -0.489 e. The van der Waals surface area contributed by atoms with Crippen molar-refractivity contribution in [2.45, 2.75) is 51.2 Å². The van der Waals surface area contributed by atoms with Crippen molar-refractivity contribution >= 4 is 10.2 Å². The molecular formula is C16H26N2O3S. The number of benzene rings is 1. The molecule has 0 spiro atoms. The van der Waals surface area contributed by atoms with Gasteiger partial charge >= 0.3 is 0 Å². The Balaban J connectivity index is 1.83. The molecule has 0 radical (unpaired) electrons. The summed E-state index contributed by atoms with van der Waals surface area (Å²) in [4.78, 5) is 0. The molecular weight excluding hydrogens is 300 g/mol. The number of ether oxygens (including phenoxy) is 1. The Morgan fingerprint density at radius 1 is 1.23 bits per heavy atom. The smallest absolute Gasteiger partial charge is 0.279 e. The highest BCUT2D eigenvalue weighted by Gasteiger charge is 2.27. The van der Waals surface area contributed by atoms with Crippen molar-refractivity contribution in [1.82, 2.24) is 9.03 Å². The minimum atomic E-state index is -3.44. The number of rotatable bonds is 7. The highest BCUT2D eigenvalue weighted by molar-refractivity contribution is 7.87. The fourth-order valence-electron chi connectivity index (χ4n) is 2.74. The van der Waals surface area contributed by atoms with Crippen molar-refractivity contribution < 1.29 is 13.2 Å². The standard InChI is InChI=1S/C16H26N2O3S/c1-14(21-16-11-7-4-8-12-16)13-17-22(19,20)18(2)15-9-5-3-6-10-15/h4,7-8,11-12,14-15,17H,3,5-6,9-10,13H2,1-2H3. The lowest BCUT2D eigenvalue weighted by Crippen LogP contribution is -2.47. The van der Waals surface area contributed by atoms with E-state index in [4.69, 9.17) is 4.74 Å². The van der Waals surface area contributed by atoms with Crippen LogP contribution in [-0.4, -0.2) is 38.5 Å². The van der Waals surface area contributed by atoms with E-state index in [1.807, 2.05) is 37.3 Å². The maximum atomic E-state index is 12.3. The molecule has 6 heteroatoms. The van der Waals surface area contributed by atoms with Gasteiger partial charge in [0.25, 0.3) is 10.2 Å². The topological polar surface area (TPSA) is 58.6 Å². The van der Waals surface area contributed by atoms with E-state index in [1.54, 1.807) is 7.05 Å². The number of nitrogens with one attached hydrogen (secondary N) is 1. The van der Waals surface area contributed by atoms with Crippen LogP contribution >= 0.6 is 0 Å². The zero-order valence-corrected chi connectivity index (χ0v) is 14.2.